The van der Waals surface area contributed by atoms with Crippen molar-refractivity contribution < 1.29 is 4.92 Å². The van der Waals surface area contributed by atoms with Gasteiger partial charge in [0.25, 0.3) is 5.69 Å². The molecule has 1 N–H and O–H groups in total. The van der Waals surface area contributed by atoms with E-state index in [1.165, 1.54) is 17.0 Å². The predicted octanol–water partition coefficient (Wildman–Crippen LogP) is 3.80. The highest BCUT2D eigenvalue weighted by Crippen LogP contribution is 2.18. The molecule has 0 aliphatic rings. The van der Waals surface area contributed by atoms with Gasteiger partial charge in [0.1, 0.15) is 0 Å². The molecule has 1 heterocycles. The minimum absolute atomic E-state index is 0.0461. The SMILES string of the molecule is C/C(=N/Nc1cccc([N+](=O)[O-])c1)c1ccc(C)s1. The van der Waals surface area contributed by atoms with Crippen molar-refractivity contribution in [1.82, 2.24) is 0 Å². The van der Waals surface area contributed by atoms with E-state index in [1.54, 1.807) is 23.5 Å². The molecule has 2 aromatic rings. The van der Waals surface area contributed by atoms with Gasteiger partial charge in [-0.25, -0.2) is 0 Å². The lowest BCUT2D eigenvalue weighted by Gasteiger charge is -2.01. The molecule has 1 aromatic heterocycles. The number of nitrogens with zero attached hydrogens (tertiary/aromatic N) is 2. The molecule has 1 aromatic carbocycles. The van der Waals surface area contributed by atoms with Crippen LogP contribution in [-0.2, 0) is 0 Å². The lowest BCUT2D eigenvalue weighted by Crippen LogP contribution is -1.98. The van der Waals surface area contributed by atoms with Gasteiger partial charge in [-0.15, -0.1) is 11.3 Å². The lowest BCUT2D eigenvalue weighted by atomic mass is 10.3. The topological polar surface area (TPSA) is 67.5 Å². The Morgan fingerprint density at radius 1 is 1.37 bits per heavy atom. The van der Waals surface area contributed by atoms with Crippen molar-refractivity contribution in [2.45, 2.75) is 13.8 Å². The first-order chi connectivity index (χ1) is 9.06. The minimum atomic E-state index is -0.426. The Balaban J connectivity index is 2.13. The number of aryl methyl sites for hydroxylation is 1. The summed E-state index contributed by atoms with van der Waals surface area (Å²) in [4.78, 5) is 12.5. The quantitative estimate of drug-likeness (QED) is 0.524. The van der Waals surface area contributed by atoms with Gasteiger partial charge in [0.15, 0.2) is 0 Å². The molecular weight excluding hydrogens is 262 g/mol. The molecule has 0 unspecified atom stereocenters. The number of nitrogens with one attached hydrogen (secondary N) is 1. The third kappa shape index (κ3) is 3.38. The second-order valence-electron chi connectivity index (χ2n) is 4.03. The molecule has 0 radical (unpaired) electrons. The molecule has 0 bridgehead atoms. The molecule has 6 heteroatoms. The number of hydrogen-bond acceptors (Lipinski definition) is 5. The summed E-state index contributed by atoms with van der Waals surface area (Å²) in [6.45, 7) is 3.94. The molecular formula is C13H13N3O2S. The number of non-ortho nitro benzene ring substituents is 1. The van der Waals surface area contributed by atoms with Crippen molar-refractivity contribution in [2.24, 2.45) is 5.10 Å². The zero-order valence-corrected chi connectivity index (χ0v) is 11.4. The molecule has 0 amide bonds. The van der Waals surface area contributed by atoms with E-state index in [0.717, 1.165) is 10.6 Å². The summed E-state index contributed by atoms with van der Waals surface area (Å²) in [6, 6.07) is 10.3. The van der Waals surface area contributed by atoms with Crippen LogP contribution in [0.15, 0.2) is 41.5 Å². The Morgan fingerprint density at radius 2 is 2.16 bits per heavy atom. The van der Waals surface area contributed by atoms with Crippen molar-refractivity contribution >= 4 is 28.4 Å². The summed E-state index contributed by atoms with van der Waals surface area (Å²) < 4.78 is 0. The van der Waals surface area contributed by atoms with Crippen LogP contribution in [-0.4, -0.2) is 10.6 Å². The summed E-state index contributed by atoms with van der Waals surface area (Å²) in [6.07, 6.45) is 0. The maximum Gasteiger partial charge on any atom is 0.271 e. The first-order valence-electron chi connectivity index (χ1n) is 5.68. The number of nitro groups is 1. The maximum absolute atomic E-state index is 10.7. The van der Waals surface area contributed by atoms with Crippen LogP contribution < -0.4 is 5.43 Å². The number of thiophene rings is 1. The number of anilines is 1. The fourth-order valence-corrected chi connectivity index (χ4v) is 2.33. The largest absolute Gasteiger partial charge is 0.278 e. The van der Waals surface area contributed by atoms with Gasteiger partial charge in [-0.05, 0) is 32.0 Å². The van der Waals surface area contributed by atoms with Gasteiger partial charge < -0.3 is 0 Å². The first-order valence-corrected chi connectivity index (χ1v) is 6.49. The highest BCUT2D eigenvalue weighted by molar-refractivity contribution is 7.14. The molecule has 0 spiro atoms. The fraction of sp³-hybridized carbons (Fsp3) is 0.154. The smallest absolute Gasteiger partial charge is 0.271 e. The van der Waals surface area contributed by atoms with Gasteiger partial charge in [-0.3, -0.25) is 15.5 Å². The lowest BCUT2D eigenvalue weighted by molar-refractivity contribution is -0.384. The molecule has 0 saturated carbocycles. The number of hydrazone groups is 1. The van der Waals surface area contributed by atoms with E-state index in [1.807, 2.05) is 26.0 Å². The Morgan fingerprint density at radius 3 is 2.79 bits per heavy atom. The zero-order chi connectivity index (χ0) is 13.8. The highest BCUT2D eigenvalue weighted by atomic mass is 32.1. The number of rotatable bonds is 4. The summed E-state index contributed by atoms with van der Waals surface area (Å²) in [5, 5.41) is 14.9. The van der Waals surface area contributed by atoms with E-state index in [9.17, 15) is 10.1 Å². The average Bonchev–Trinajstić information content (AvgIpc) is 2.83. The van der Waals surface area contributed by atoms with E-state index >= 15 is 0 Å². The van der Waals surface area contributed by atoms with Crippen LogP contribution in [0, 0.1) is 17.0 Å². The summed E-state index contributed by atoms with van der Waals surface area (Å²) >= 11 is 1.66. The maximum atomic E-state index is 10.7. The Bertz CT molecular complexity index is 634. The Hall–Kier alpha value is -2.21. The Kier molecular flexibility index (Phi) is 3.91. The standard InChI is InChI=1S/C13H13N3O2S/c1-9-6-7-13(19-9)10(2)14-15-11-4-3-5-12(8-11)16(17)18/h3-8,15H,1-2H3/b14-10-. The van der Waals surface area contributed by atoms with Gasteiger partial charge >= 0.3 is 0 Å². The van der Waals surface area contributed by atoms with Gasteiger partial charge in [-0.2, -0.15) is 5.10 Å². The molecule has 0 saturated heterocycles. The van der Waals surface area contributed by atoms with Crippen molar-refractivity contribution in [1.29, 1.82) is 0 Å². The van der Waals surface area contributed by atoms with Gasteiger partial charge in [0, 0.05) is 17.0 Å². The second-order valence-corrected chi connectivity index (χ2v) is 5.31. The number of benzene rings is 1. The van der Waals surface area contributed by atoms with Crippen molar-refractivity contribution in [3.8, 4) is 0 Å². The van der Waals surface area contributed by atoms with E-state index in [0.29, 0.717) is 5.69 Å². The third-order valence-electron chi connectivity index (χ3n) is 2.51. The van der Waals surface area contributed by atoms with E-state index in [2.05, 4.69) is 10.5 Å². The average molecular weight is 275 g/mol. The molecule has 98 valence electrons. The summed E-state index contributed by atoms with van der Waals surface area (Å²) in [7, 11) is 0. The molecule has 5 nitrogen and oxygen atoms in total. The molecule has 19 heavy (non-hydrogen) atoms. The molecule has 0 atom stereocenters. The van der Waals surface area contributed by atoms with Crippen molar-refractivity contribution in [3.05, 3.63) is 56.3 Å². The normalized spacial score (nSPS) is 11.4. The van der Waals surface area contributed by atoms with Crippen molar-refractivity contribution in [3.63, 3.8) is 0 Å². The predicted molar refractivity (Wildman–Crippen MR) is 78.0 cm³/mol. The first kappa shape index (κ1) is 13.2. The monoisotopic (exact) mass is 275 g/mol. The van der Waals surface area contributed by atoms with E-state index in [-0.39, 0.29) is 5.69 Å². The highest BCUT2D eigenvalue weighted by Gasteiger charge is 2.05. The molecule has 0 aliphatic carbocycles. The summed E-state index contributed by atoms with van der Waals surface area (Å²) in [5.41, 5.74) is 4.33. The number of hydrogen-bond donors (Lipinski definition) is 1. The van der Waals surface area contributed by atoms with Gasteiger partial charge in [-0.1, -0.05) is 6.07 Å². The van der Waals surface area contributed by atoms with Crippen molar-refractivity contribution in [2.75, 3.05) is 5.43 Å². The van der Waals surface area contributed by atoms with Crippen LogP contribution in [0.5, 0.6) is 0 Å². The van der Waals surface area contributed by atoms with Crippen LogP contribution >= 0.6 is 11.3 Å². The Labute approximate surface area is 114 Å². The number of nitro benzene ring substituents is 1. The molecule has 0 fully saturated rings. The van der Waals surface area contributed by atoms with E-state index < -0.39 is 4.92 Å². The third-order valence-corrected chi connectivity index (χ3v) is 3.62. The van der Waals surface area contributed by atoms with E-state index in [4.69, 9.17) is 0 Å². The van der Waals surface area contributed by atoms with Crippen LogP contribution in [0.2, 0.25) is 0 Å². The van der Waals surface area contributed by atoms with Crippen LogP contribution in [0.1, 0.15) is 16.7 Å². The van der Waals surface area contributed by atoms with Gasteiger partial charge in [0.05, 0.1) is 21.2 Å². The summed E-state index contributed by atoms with van der Waals surface area (Å²) in [5.74, 6) is 0. The van der Waals surface area contributed by atoms with Gasteiger partial charge in [0.2, 0.25) is 0 Å². The minimum Gasteiger partial charge on any atom is -0.278 e. The second kappa shape index (κ2) is 5.62. The van der Waals surface area contributed by atoms with Crippen LogP contribution in [0.4, 0.5) is 11.4 Å². The fourth-order valence-electron chi connectivity index (χ4n) is 1.52. The van der Waals surface area contributed by atoms with Crippen LogP contribution in [0.3, 0.4) is 0 Å². The molecule has 0 aliphatic heterocycles. The van der Waals surface area contributed by atoms with Crippen LogP contribution in [0.25, 0.3) is 0 Å². The zero-order valence-electron chi connectivity index (χ0n) is 10.6. The molecule has 2 rings (SSSR count).